The van der Waals surface area contributed by atoms with Crippen molar-refractivity contribution in [3.05, 3.63) is 46.5 Å². The van der Waals surface area contributed by atoms with Crippen LogP contribution in [0.4, 0.5) is 18.3 Å². The molecule has 1 aliphatic rings. The number of thiazole rings is 1. The number of aromatic nitrogens is 1. The lowest BCUT2D eigenvalue weighted by Crippen LogP contribution is -2.43. The highest BCUT2D eigenvalue weighted by Gasteiger charge is 2.32. The molecule has 2 amide bonds. The number of hydrogen-bond donors (Lipinski definition) is 1. The molecule has 7 nitrogen and oxygen atoms in total. The van der Waals surface area contributed by atoms with Crippen molar-refractivity contribution in [3.8, 4) is 0 Å². The van der Waals surface area contributed by atoms with Crippen molar-refractivity contribution in [1.82, 2.24) is 9.88 Å². The van der Waals surface area contributed by atoms with Gasteiger partial charge in [0.1, 0.15) is 5.69 Å². The van der Waals surface area contributed by atoms with E-state index in [9.17, 15) is 27.6 Å². The van der Waals surface area contributed by atoms with Gasteiger partial charge in [-0.25, -0.2) is 4.98 Å². The fraction of sp³-hybridized carbons (Fsp3) is 0.400. The molecule has 1 aromatic carbocycles. The number of carbonyl (C=O) groups is 3. The minimum atomic E-state index is -4.56. The first-order valence-electron chi connectivity index (χ1n) is 9.59. The summed E-state index contributed by atoms with van der Waals surface area (Å²) in [6.45, 7) is 2.68. The number of alkyl halides is 3. The van der Waals surface area contributed by atoms with Crippen molar-refractivity contribution in [2.45, 2.75) is 25.9 Å². The van der Waals surface area contributed by atoms with Gasteiger partial charge >= 0.3 is 12.1 Å². The van der Waals surface area contributed by atoms with Gasteiger partial charge in [-0.2, -0.15) is 13.2 Å². The van der Waals surface area contributed by atoms with E-state index >= 15 is 0 Å². The van der Waals surface area contributed by atoms with Gasteiger partial charge in [0.05, 0.1) is 18.1 Å². The van der Waals surface area contributed by atoms with Crippen LogP contribution in [0.25, 0.3) is 0 Å². The molecule has 0 spiro atoms. The minimum absolute atomic E-state index is 0.0877. The van der Waals surface area contributed by atoms with Gasteiger partial charge in [0.15, 0.2) is 5.13 Å². The van der Waals surface area contributed by atoms with E-state index in [1.165, 1.54) is 16.3 Å². The Morgan fingerprint density at radius 2 is 2.10 bits per heavy atom. The van der Waals surface area contributed by atoms with Crippen molar-refractivity contribution in [2.75, 3.05) is 25.0 Å². The molecule has 1 aliphatic heterocycles. The number of amides is 2. The van der Waals surface area contributed by atoms with Crippen LogP contribution in [0.15, 0.2) is 29.6 Å². The molecular weight excluding hydrogens is 435 g/mol. The zero-order valence-corrected chi connectivity index (χ0v) is 17.4. The zero-order chi connectivity index (χ0) is 22.6. The van der Waals surface area contributed by atoms with Gasteiger partial charge in [-0.05, 0) is 38.0 Å². The number of benzene rings is 1. The average Bonchev–Trinajstić information content (AvgIpc) is 3.21. The lowest BCUT2D eigenvalue weighted by molar-refractivity contribution is -0.149. The monoisotopic (exact) mass is 455 g/mol. The largest absolute Gasteiger partial charge is 0.466 e. The predicted molar refractivity (Wildman–Crippen MR) is 107 cm³/mol. The predicted octanol–water partition coefficient (Wildman–Crippen LogP) is 3.83. The Morgan fingerprint density at radius 3 is 2.81 bits per heavy atom. The zero-order valence-electron chi connectivity index (χ0n) is 16.6. The Balaban J connectivity index is 1.65. The smallest absolute Gasteiger partial charge is 0.416 e. The number of hydrogen-bond acceptors (Lipinski definition) is 6. The van der Waals surface area contributed by atoms with E-state index in [2.05, 4.69) is 10.3 Å². The van der Waals surface area contributed by atoms with Crippen molar-refractivity contribution in [3.63, 3.8) is 0 Å². The van der Waals surface area contributed by atoms with Crippen molar-refractivity contribution in [1.29, 1.82) is 0 Å². The molecule has 1 N–H and O–H groups in total. The molecule has 0 saturated carbocycles. The van der Waals surface area contributed by atoms with Crippen LogP contribution >= 0.6 is 11.3 Å². The van der Waals surface area contributed by atoms with Crippen LogP contribution < -0.4 is 5.32 Å². The van der Waals surface area contributed by atoms with Gasteiger partial charge in [-0.1, -0.05) is 6.07 Å². The van der Waals surface area contributed by atoms with Crippen LogP contribution in [-0.2, 0) is 15.7 Å². The van der Waals surface area contributed by atoms with Crippen molar-refractivity contribution in [2.24, 2.45) is 5.92 Å². The van der Waals surface area contributed by atoms with Crippen LogP contribution in [0, 0.1) is 5.92 Å². The number of nitrogens with zero attached hydrogens (tertiary/aromatic N) is 2. The van der Waals surface area contributed by atoms with E-state index in [4.69, 9.17) is 4.74 Å². The van der Waals surface area contributed by atoms with E-state index < -0.39 is 23.6 Å². The van der Waals surface area contributed by atoms with Crippen molar-refractivity contribution >= 4 is 34.3 Å². The summed E-state index contributed by atoms with van der Waals surface area (Å²) < 4.78 is 43.5. The fourth-order valence-electron chi connectivity index (χ4n) is 3.21. The summed E-state index contributed by atoms with van der Waals surface area (Å²) in [5.74, 6) is -1.88. The molecule has 2 heterocycles. The average molecular weight is 455 g/mol. The number of ether oxygens (including phenoxy) is 1. The molecule has 31 heavy (non-hydrogen) atoms. The number of anilines is 1. The summed E-state index contributed by atoms with van der Waals surface area (Å²) in [7, 11) is 0. The molecule has 0 bridgehead atoms. The number of carbonyl (C=O) groups excluding carboxylic acids is 3. The topological polar surface area (TPSA) is 88.6 Å². The van der Waals surface area contributed by atoms with E-state index in [0.29, 0.717) is 19.4 Å². The summed E-state index contributed by atoms with van der Waals surface area (Å²) in [6, 6.07) is 4.02. The molecule has 1 fully saturated rings. The van der Waals surface area contributed by atoms with Crippen LogP contribution in [0.5, 0.6) is 0 Å². The van der Waals surface area contributed by atoms with E-state index in [-0.39, 0.29) is 41.4 Å². The third-order valence-electron chi connectivity index (χ3n) is 4.72. The van der Waals surface area contributed by atoms with Crippen LogP contribution in [0.2, 0.25) is 0 Å². The molecule has 0 aliphatic carbocycles. The Kier molecular flexibility index (Phi) is 6.94. The van der Waals surface area contributed by atoms with Crippen LogP contribution in [0.3, 0.4) is 0 Å². The standard InChI is InChI=1S/C20H20F3N3O4S/c1-2-30-18(29)13-6-4-8-26(10-13)17(28)15-11-31-19(24-15)25-16(27)12-5-3-7-14(9-12)20(21,22)23/h3,5,7,9,11,13H,2,4,6,8,10H2,1H3,(H,24,25,27)/t13-/m0/s1. The molecule has 2 aromatic rings. The summed E-state index contributed by atoms with van der Waals surface area (Å²) in [6.07, 6.45) is -3.27. The Labute approximate surface area is 180 Å². The summed E-state index contributed by atoms with van der Waals surface area (Å²) in [4.78, 5) is 42.6. The normalized spacial score (nSPS) is 16.6. The number of likely N-dealkylation sites (tertiary alicyclic amines) is 1. The SMILES string of the molecule is CCOC(=O)[C@H]1CCCN(C(=O)c2csc(NC(=O)c3cccc(C(F)(F)F)c3)n2)C1. The highest BCUT2D eigenvalue weighted by molar-refractivity contribution is 7.14. The molecule has 1 aromatic heterocycles. The number of esters is 1. The molecule has 1 saturated heterocycles. The summed E-state index contributed by atoms with van der Waals surface area (Å²) in [5.41, 5.74) is -1.02. The van der Waals surface area contributed by atoms with Crippen LogP contribution in [0.1, 0.15) is 46.2 Å². The third-order valence-corrected chi connectivity index (χ3v) is 5.48. The lowest BCUT2D eigenvalue weighted by atomic mass is 9.98. The maximum atomic E-state index is 12.8. The van der Waals surface area contributed by atoms with Gasteiger partial charge in [-0.15, -0.1) is 11.3 Å². The number of nitrogens with one attached hydrogen (secondary N) is 1. The highest BCUT2D eigenvalue weighted by atomic mass is 32.1. The molecule has 1 atom stereocenters. The minimum Gasteiger partial charge on any atom is -0.466 e. The molecule has 0 unspecified atom stereocenters. The van der Waals surface area contributed by atoms with E-state index in [0.717, 1.165) is 29.5 Å². The van der Waals surface area contributed by atoms with E-state index in [1.54, 1.807) is 6.92 Å². The second-order valence-electron chi connectivity index (χ2n) is 6.91. The Bertz CT molecular complexity index is 977. The van der Waals surface area contributed by atoms with Gasteiger partial charge in [0.25, 0.3) is 11.8 Å². The second kappa shape index (κ2) is 9.46. The second-order valence-corrected chi connectivity index (χ2v) is 7.77. The Hall–Kier alpha value is -2.95. The molecule has 0 radical (unpaired) electrons. The number of rotatable bonds is 5. The maximum Gasteiger partial charge on any atom is 0.416 e. The first-order chi connectivity index (χ1) is 14.7. The fourth-order valence-corrected chi connectivity index (χ4v) is 3.89. The Morgan fingerprint density at radius 1 is 1.32 bits per heavy atom. The van der Waals surface area contributed by atoms with Crippen LogP contribution in [-0.4, -0.2) is 47.4 Å². The van der Waals surface area contributed by atoms with Gasteiger partial charge in [0, 0.05) is 24.0 Å². The lowest BCUT2D eigenvalue weighted by Gasteiger charge is -2.31. The van der Waals surface area contributed by atoms with Gasteiger partial charge in [0.2, 0.25) is 0 Å². The third kappa shape index (κ3) is 5.60. The van der Waals surface area contributed by atoms with Crippen molar-refractivity contribution < 1.29 is 32.3 Å². The molecule has 166 valence electrons. The van der Waals surface area contributed by atoms with Gasteiger partial charge < -0.3 is 9.64 Å². The highest BCUT2D eigenvalue weighted by Crippen LogP contribution is 2.30. The number of halogens is 3. The first kappa shape index (κ1) is 22.7. The first-order valence-corrected chi connectivity index (χ1v) is 10.5. The number of piperidine rings is 1. The maximum absolute atomic E-state index is 12.8. The summed E-state index contributed by atoms with van der Waals surface area (Å²) >= 11 is 0.985. The molecule has 3 rings (SSSR count). The van der Waals surface area contributed by atoms with Gasteiger partial charge in [-0.3, -0.25) is 19.7 Å². The molecular formula is C20H20F3N3O4S. The van der Waals surface area contributed by atoms with E-state index in [1.807, 2.05) is 0 Å². The quantitative estimate of drug-likeness (QED) is 0.693. The molecule has 11 heteroatoms. The summed E-state index contributed by atoms with van der Waals surface area (Å²) in [5, 5.41) is 3.96.